The van der Waals surface area contributed by atoms with Crippen molar-refractivity contribution in [1.82, 2.24) is 0 Å². The van der Waals surface area contributed by atoms with Crippen molar-refractivity contribution in [2.45, 2.75) is 65.4 Å². The van der Waals surface area contributed by atoms with Crippen molar-refractivity contribution < 1.29 is 23.8 Å². The van der Waals surface area contributed by atoms with Crippen LogP contribution in [0.4, 0.5) is 4.79 Å². The highest BCUT2D eigenvalue weighted by Crippen LogP contribution is 2.02. The molecule has 0 aromatic heterocycles. The maximum atomic E-state index is 11.4. The van der Waals surface area contributed by atoms with E-state index in [2.05, 4.69) is 6.92 Å². The van der Waals surface area contributed by atoms with Gasteiger partial charge in [-0.2, -0.15) is 0 Å². The van der Waals surface area contributed by atoms with Gasteiger partial charge in [0.2, 0.25) is 0 Å². The summed E-state index contributed by atoms with van der Waals surface area (Å²) >= 11 is 0. The summed E-state index contributed by atoms with van der Waals surface area (Å²) in [7, 11) is 0. The summed E-state index contributed by atoms with van der Waals surface area (Å²) in [6.45, 7) is 6.28. The van der Waals surface area contributed by atoms with Crippen molar-refractivity contribution in [1.29, 1.82) is 0 Å². The van der Waals surface area contributed by atoms with Crippen LogP contribution in [0.1, 0.15) is 59.3 Å². The molecule has 0 heterocycles. The van der Waals surface area contributed by atoms with Crippen LogP contribution < -0.4 is 0 Å². The number of carbonyl (C=O) groups is 2. The molecule has 5 nitrogen and oxygen atoms in total. The molecule has 0 rings (SSSR count). The van der Waals surface area contributed by atoms with E-state index in [1.165, 1.54) is 6.92 Å². The molecule has 0 aromatic rings. The van der Waals surface area contributed by atoms with Crippen LogP contribution in [0.25, 0.3) is 0 Å². The molecule has 19 heavy (non-hydrogen) atoms. The van der Waals surface area contributed by atoms with Crippen molar-refractivity contribution in [3.05, 3.63) is 0 Å². The van der Waals surface area contributed by atoms with Crippen LogP contribution in [-0.2, 0) is 19.0 Å². The van der Waals surface area contributed by atoms with E-state index in [-0.39, 0.29) is 0 Å². The van der Waals surface area contributed by atoms with Gasteiger partial charge in [-0.3, -0.25) is 0 Å². The SMILES string of the molecule is CCCCCCOC(=O)OC(C)C(=O)OCCCC. The smallest absolute Gasteiger partial charge is 0.463 e. The summed E-state index contributed by atoms with van der Waals surface area (Å²) in [5.41, 5.74) is 0. The summed E-state index contributed by atoms with van der Waals surface area (Å²) in [6, 6.07) is 0. The van der Waals surface area contributed by atoms with E-state index in [0.717, 1.165) is 38.5 Å². The molecule has 0 N–H and O–H groups in total. The molecule has 0 aliphatic rings. The van der Waals surface area contributed by atoms with E-state index in [9.17, 15) is 9.59 Å². The van der Waals surface area contributed by atoms with Gasteiger partial charge in [0, 0.05) is 0 Å². The fraction of sp³-hybridized carbons (Fsp3) is 0.857. The van der Waals surface area contributed by atoms with Gasteiger partial charge in [-0.25, -0.2) is 9.59 Å². The highest BCUT2D eigenvalue weighted by Gasteiger charge is 2.19. The summed E-state index contributed by atoms with van der Waals surface area (Å²) in [5, 5.41) is 0. The van der Waals surface area contributed by atoms with Crippen LogP contribution in [0.15, 0.2) is 0 Å². The zero-order valence-electron chi connectivity index (χ0n) is 12.3. The topological polar surface area (TPSA) is 61.8 Å². The first-order chi connectivity index (χ1) is 9.11. The fourth-order valence-electron chi connectivity index (χ4n) is 1.35. The van der Waals surface area contributed by atoms with Gasteiger partial charge >= 0.3 is 12.1 Å². The molecule has 0 radical (unpaired) electrons. The second-order valence-corrected chi connectivity index (χ2v) is 4.44. The minimum atomic E-state index is -0.917. The van der Waals surface area contributed by atoms with Gasteiger partial charge in [-0.05, 0) is 19.8 Å². The highest BCUT2D eigenvalue weighted by molar-refractivity contribution is 5.76. The third-order valence-electron chi connectivity index (χ3n) is 2.56. The molecule has 112 valence electrons. The predicted octanol–water partition coefficient (Wildman–Crippen LogP) is 3.45. The zero-order valence-corrected chi connectivity index (χ0v) is 12.3. The van der Waals surface area contributed by atoms with Crippen LogP contribution in [0.5, 0.6) is 0 Å². The van der Waals surface area contributed by atoms with Gasteiger partial charge < -0.3 is 14.2 Å². The van der Waals surface area contributed by atoms with Gasteiger partial charge in [0.05, 0.1) is 13.2 Å². The lowest BCUT2D eigenvalue weighted by atomic mass is 10.2. The molecule has 0 amide bonds. The number of carbonyl (C=O) groups excluding carboxylic acids is 2. The first-order valence-electron chi connectivity index (χ1n) is 7.11. The van der Waals surface area contributed by atoms with Gasteiger partial charge in [0.15, 0.2) is 6.10 Å². The Labute approximate surface area is 115 Å². The quantitative estimate of drug-likeness (QED) is 0.451. The maximum Gasteiger partial charge on any atom is 0.509 e. The zero-order chi connectivity index (χ0) is 14.5. The van der Waals surface area contributed by atoms with E-state index >= 15 is 0 Å². The lowest BCUT2D eigenvalue weighted by Crippen LogP contribution is -2.27. The average molecular weight is 274 g/mol. The molecule has 0 saturated carbocycles. The molecule has 0 aliphatic carbocycles. The highest BCUT2D eigenvalue weighted by atomic mass is 16.7. The molecular weight excluding hydrogens is 248 g/mol. The first kappa shape index (κ1) is 17.7. The van der Waals surface area contributed by atoms with Crippen molar-refractivity contribution in [3.63, 3.8) is 0 Å². The van der Waals surface area contributed by atoms with Crippen molar-refractivity contribution in [2.24, 2.45) is 0 Å². The van der Waals surface area contributed by atoms with Crippen LogP contribution >= 0.6 is 0 Å². The standard InChI is InChI=1S/C14H26O5/c1-4-6-8-9-11-18-14(16)19-12(3)13(15)17-10-7-5-2/h12H,4-11H2,1-3H3. The monoisotopic (exact) mass is 274 g/mol. The van der Waals surface area contributed by atoms with Gasteiger partial charge in [0.25, 0.3) is 0 Å². The molecule has 0 saturated heterocycles. The largest absolute Gasteiger partial charge is 0.509 e. The van der Waals surface area contributed by atoms with E-state index < -0.39 is 18.2 Å². The van der Waals surface area contributed by atoms with E-state index in [1.807, 2.05) is 6.92 Å². The number of hydrogen-bond donors (Lipinski definition) is 0. The third kappa shape index (κ3) is 10.4. The molecule has 0 aromatic carbocycles. The van der Waals surface area contributed by atoms with Crippen molar-refractivity contribution in [2.75, 3.05) is 13.2 Å². The summed E-state index contributed by atoms with van der Waals surface area (Å²) in [5.74, 6) is -0.531. The Bertz CT molecular complexity index is 252. The molecular formula is C14H26O5. The lowest BCUT2D eigenvalue weighted by molar-refractivity contribution is -0.154. The molecule has 1 atom stereocenters. The Morgan fingerprint density at radius 3 is 2.16 bits per heavy atom. The molecule has 0 aliphatic heterocycles. The summed E-state index contributed by atoms with van der Waals surface area (Å²) < 4.78 is 14.6. The molecule has 0 bridgehead atoms. The Morgan fingerprint density at radius 2 is 1.53 bits per heavy atom. The van der Waals surface area contributed by atoms with Crippen molar-refractivity contribution in [3.8, 4) is 0 Å². The second kappa shape index (κ2) is 11.8. The van der Waals surface area contributed by atoms with Crippen LogP contribution in [-0.4, -0.2) is 31.4 Å². The Morgan fingerprint density at radius 1 is 0.895 bits per heavy atom. The normalized spacial score (nSPS) is 11.7. The number of unbranched alkanes of at least 4 members (excludes halogenated alkanes) is 4. The van der Waals surface area contributed by atoms with Crippen LogP contribution in [0.2, 0.25) is 0 Å². The number of ether oxygens (including phenoxy) is 3. The molecule has 1 unspecified atom stereocenters. The molecule has 5 heteroatoms. The molecule has 0 spiro atoms. The second-order valence-electron chi connectivity index (χ2n) is 4.44. The van der Waals surface area contributed by atoms with E-state index in [0.29, 0.717) is 13.2 Å². The Kier molecular flexibility index (Phi) is 11.0. The molecule has 0 fully saturated rings. The fourth-order valence-corrected chi connectivity index (χ4v) is 1.35. The number of esters is 1. The Balaban J connectivity index is 3.64. The lowest BCUT2D eigenvalue weighted by Gasteiger charge is -2.12. The summed E-state index contributed by atoms with van der Waals surface area (Å²) in [6.07, 6.45) is 4.12. The van der Waals surface area contributed by atoms with E-state index in [1.54, 1.807) is 0 Å². The minimum absolute atomic E-state index is 0.330. The van der Waals surface area contributed by atoms with Crippen molar-refractivity contribution >= 4 is 12.1 Å². The van der Waals surface area contributed by atoms with E-state index in [4.69, 9.17) is 14.2 Å². The minimum Gasteiger partial charge on any atom is -0.463 e. The van der Waals surface area contributed by atoms with Gasteiger partial charge in [-0.15, -0.1) is 0 Å². The number of hydrogen-bond acceptors (Lipinski definition) is 5. The third-order valence-corrected chi connectivity index (χ3v) is 2.56. The average Bonchev–Trinajstić information content (AvgIpc) is 2.38. The predicted molar refractivity (Wildman–Crippen MR) is 71.9 cm³/mol. The van der Waals surface area contributed by atoms with Crippen LogP contribution in [0.3, 0.4) is 0 Å². The Hall–Kier alpha value is -1.26. The first-order valence-corrected chi connectivity index (χ1v) is 7.11. The summed E-state index contributed by atoms with van der Waals surface area (Å²) in [4.78, 5) is 22.7. The van der Waals surface area contributed by atoms with Gasteiger partial charge in [-0.1, -0.05) is 39.5 Å². The maximum absolute atomic E-state index is 11.4. The van der Waals surface area contributed by atoms with Gasteiger partial charge in [0.1, 0.15) is 0 Å². The van der Waals surface area contributed by atoms with Crippen LogP contribution in [0, 0.1) is 0 Å². The number of rotatable bonds is 10.